The van der Waals surface area contributed by atoms with E-state index >= 15 is 0 Å². The molecule has 2 aromatic rings. The van der Waals surface area contributed by atoms with Crippen molar-refractivity contribution in [2.24, 2.45) is 5.73 Å². The van der Waals surface area contributed by atoms with Crippen molar-refractivity contribution in [1.29, 1.82) is 0 Å². The third-order valence-corrected chi connectivity index (χ3v) is 3.45. The van der Waals surface area contributed by atoms with Crippen molar-refractivity contribution in [3.8, 4) is 0 Å². The summed E-state index contributed by atoms with van der Waals surface area (Å²) in [6.45, 7) is 0.993. The topological polar surface area (TPSA) is 84.2 Å². The maximum absolute atomic E-state index is 12.0. The van der Waals surface area contributed by atoms with E-state index in [1.54, 1.807) is 24.3 Å². The smallest absolute Gasteiger partial charge is 0.312 e. The summed E-state index contributed by atoms with van der Waals surface area (Å²) >= 11 is 0. The summed E-state index contributed by atoms with van der Waals surface area (Å²) in [7, 11) is 0. The van der Waals surface area contributed by atoms with Gasteiger partial charge >= 0.3 is 6.03 Å². The molecule has 2 aromatic carbocycles. The van der Waals surface area contributed by atoms with E-state index in [9.17, 15) is 9.59 Å². The zero-order chi connectivity index (χ0) is 16.5. The van der Waals surface area contributed by atoms with Gasteiger partial charge in [0.15, 0.2) is 0 Å². The molecule has 0 spiro atoms. The first-order valence-electron chi connectivity index (χ1n) is 7.59. The molecule has 0 unspecified atom stereocenters. The Labute approximate surface area is 135 Å². The molecule has 0 aromatic heterocycles. The lowest BCUT2D eigenvalue weighted by atomic mass is 10.1. The SMILES string of the molecule is NC(=O)NCc1ccc(C(=O)NCCCc2ccccc2)cc1. The van der Waals surface area contributed by atoms with Crippen molar-refractivity contribution in [2.45, 2.75) is 19.4 Å². The summed E-state index contributed by atoms with van der Waals surface area (Å²) < 4.78 is 0. The first-order valence-corrected chi connectivity index (χ1v) is 7.59. The number of rotatable bonds is 7. The van der Waals surface area contributed by atoms with Gasteiger partial charge in [0.05, 0.1) is 0 Å². The van der Waals surface area contributed by atoms with Crippen molar-refractivity contribution in [1.82, 2.24) is 10.6 Å². The highest BCUT2D eigenvalue weighted by atomic mass is 16.2. The standard InChI is InChI=1S/C18H21N3O2/c19-18(23)21-13-15-8-10-16(11-9-15)17(22)20-12-4-7-14-5-2-1-3-6-14/h1-3,5-6,8-11H,4,7,12-13H2,(H,20,22)(H3,19,21,23). The van der Waals surface area contributed by atoms with E-state index in [0.29, 0.717) is 18.7 Å². The number of carbonyl (C=O) groups excluding carboxylic acids is 2. The van der Waals surface area contributed by atoms with E-state index in [-0.39, 0.29) is 5.91 Å². The van der Waals surface area contributed by atoms with E-state index in [1.807, 2.05) is 18.2 Å². The molecule has 0 saturated carbocycles. The molecular formula is C18H21N3O2. The van der Waals surface area contributed by atoms with E-state index in [0.717, 1.165) is 18.4 Å². The lowest BCUT2D eigenvalue weighted by molar-refractivity contribution is 0.0953. The second-order valence-corrected chi connectivity index (χ2v) is 5.26. The van der Waals surface area contributed by atoms with Crippen LogP contribution in [0.5, 0.6) is 0 Å². The van der Waals surface area contributed by atoms with Crippen LogP contribution in [0.15, 0.2) is 54.6 Å². The number of amides is 3. The Bertz CT molecular complexity index is 639. The van der Waals surface area contributed by atoms with Crippen LogP contribution in [0.4, 0.5) is 4.79 Å². The predicted octanol–water partition coefficient (Wildman–Crippen LogP) is 2.22. The largest absolute Gasteiger partial charge is 0.352 e. The van der Waals surface area contributed by atoms with Gasteiger partial charge in [-0.25, -0.2) is 4.79 Å². The number of nitrogens with two attached hydrogens (primary N) is 1. The van der Waals surface area contributed by atoms with Crippen LogP contribution in [0.3, 0.4) is 0 Å². The Morgan fingerprint density at radius 1 is 0.870 bits per heavy atom. The number of nitrogens with one attached hydrogen (secondary N) is 2. The highest BCUT2D eigenvalue weighted by Gasteiger charge is 2.05. The van der Waals surface area contributed by atoms with Crippen LogP contribution in [0, 0.1) is 0 Å². The fourth-order valence-electron chi connectivity index (χ4n) is 2.20. The van der Waals surface area contributed by atoms with Crippen LogP contribution >= 0.6 is 0 Å². The Hall–Kier alpha value is -2.82. The monoisotopic (exact) mass is 311 g/mol. The molecule has 0 atom stereocenters. The van der Waals surface area contributed by atoms with Crippen LogP contribution in [-0.2, 0) is 13.0 Å². The van der Waals surface area contributed by atoms with E-state index < -0.39 is 6.03 Å². The highest BCUT2D eigenvalue weighted by Crippen LogP contribution is 2.05. The summed E-state index contributed by atoms with van der Waals surface area (Å²) in [5.74, 6) is -0.0903. The van der Waals surface area contributed by atoms with Gasteiger partial charge in [-0.2, -0.15) is 0 Å². The molecule has 0 bridgehead atoms. The molecule has 0 saturated heterocycles. The molecule has 0 aliphatic carbocycles. The predicted molar refractivity (Wildman–Crippen MR) is 90.0 cm³/mol. The van der Waals surface area contributed by atoms with Crippen molar-refractivity contribution in [3.63, 3.8) is 0 Å². The quantitative estimate of drug-likeness (QED) is 0.685. The first kappa shape index (κ1) is 16.5. The van der Waals surface area contributed by atoms with Crippen molar-refractivity contribution >= 4 is 11.9 Å². The lowest BCUT2D eigenvalue weighted by Gasteiger charge is -2.07. The Morgan fingerprint density at radius 3 is 2.22 bits per heavy atom. The molecule has 0 aliphatic rings. The van der Waals surface area contributed by atoms with E-state index in [4.69, 9.17) is 5.73 Å². The fraction of sp³-hybridized carbons (Fsp3) is 0.222. The zero-order valence-corrected chi connectivity index (χ0v) is 12.9. The molecule has 5 heteroatoms. The minimum Gasteiger partial charge on any atom is -0.352 e. The van der Waals surface area contributed by atoms with Gasteiger partial charge in [0.25, 0.3) is 5.91 Å². The number of aryl methyl sites for hydroxylation is 1. The number of hydrogen-bond acceptors (Lipinski definition) is 2. The molecule has 4 N–H and O–H groups in total. The molecule has 5 nitrogen and oxygen atoms in total. The minimum absolute atomic E-state index is 0.0903. The molecule has 23 heavy (non-hydrogen) atoms. The van der Waals surface area contributed by atoms with Crippen LogP contribution in [0.2, 0.25) is 0 Å². The van der Waals surface area contributed by atoms with Crippen molar-refractivity contribution < 1.29 is 9.59 Å². The molecule has 0 fully saturated rings. The van der Waals surface area contributed by atoms with E-state index in [1.165, 1.54) is 5.56 Å². The van der Waals surface area contributed by atoms with Crippen LogP contribution in [0.1, 0.15) is 27.9 Å². The third-order valence-electron chi connectivity index (χ3n) is 3.45. The maximum Gasteiger partial charge on any atom is 0.312 e. The molecule has 3 amide bonds. The van der Waals surface area contributed by atoms with Gasteiger partial charge in [0.1, 0.15) is 0 Å². The first-order chi connectivity index (χ1) is 11.1. The molecule has 0 heterocycles. The lowest BCUT2D eigenvalue weighted by Crippen LogP contribution is -2.28. The van der Waals surface area contributed by atoms with Gasteiger partial charge in [-0.1, -0.05) is 42.5 Å². The van der Waals surface area contributed by atoms with Crippen LogP contribution < -0.4 is 16.4 Å². The normalized spacial score (nSPS) is 10.1. The zero-order valence-electron chi connectivity index (χ0n) is 12.9. The van der Waals surface area contributed by atoms with Gasteiger partial charge in [-0.05, 0) is 36.1 Å². The summed E-state index contributed by atoms with van der Waals surface area (Å²) in [5, 5.41) is 5.42. The molecule has 0 radical (unpaired) electrons. The van der Waals surface area contributed by atoms with Crippen LogP contribution in [0.25, 0.3) is 0 Å². The summed E-state index contributed by atoms with van der Waals surface area (Å²) in [4.78, 5) is 22.7. The number of benzene rings is 2. The third kappa shape index (κ3) is 5.82. The van der Waals surface area contributed by atoms with Crippen molar-refractivity contribution in [2.75, 3.05) is 6.54 Å². The average molecular weight is 311 g/mol. The Morgan fingerprint density at radius 2 is 1.57 bits per heavy atom. The second-order valence-electron chi connectivity index (χ2n) is 5.26. The van der Waals surface area contributed by atoms with Gasteiger partial charge in [-0.3, -0.25) is 4.79 Å². The molecule has 0 aliphatic heterocycles. The number of urea groups is 1. The number of hydrogen-bond donors (Lipinski definition) is 3. The van der Waals surface area contributed by atoms with E-state index in [2.05, 4.69) is 22.8 Å². The summed E-state index contributed by atoms with van der Waals surface area (Å²) in [6, 6.07) is 16.7. The Kier molecular flexibility index (Phi) is 6.17. The van der Waals surface area contributed by atoms with Gasteiger partial charge in [0, 0.05) is 18.7 Å². The number of primary amides is 1. The van der Waals surface area contributed by atoms with Crippen molar-refractivity contribution in [3.05, 3.63) is 71.3 Å². The average Bonchev–Trinajstić information content (AvgIpc) is 2.58. The molecule has 2 rings (SSSR count). The van der Waals surface area contributed by atoms with Gasteiger partial charge < -0.3 is 16.4 Å². The van der Waals surface area contributed by atoms with Crippen LogP contribution in [-0.4, -0.2) is 18.5 Å². The highest BCUT2D eigenvalue weighted by molar-refractivity contribution is 5.94. The van der Waals surface area contributed by atoms with Gasteiger partial charge in [-0.15, -0.1) is 0 Å². The number of carbonyl (C=O) groups is 2. The second kappa shape index (κ2) is 8.58. The Balaban J connectivity index is 1.73. The fourth-order valence-corrected chi connectivity index (χ4v) is 2.20. The minimum atomic E-state index is -0.565. The summed E-state index contributed by atoms with van der Waals surface area (Å²) in [6.07, 6.45) is 1.84. The maximum atomic E-state index is 12.0. The summed E-state index contributed by atoms with van der Waals surface area (Å²) in [5.41, 5.74) is 7.78. The van der Waals surface area contributed by atoms with Gasteiger partial charge in [0.2, 0.25) is 0 Å². The molecule has 120 valence electrons. The molecular weight excluding hydrogens is 290 g/mol.